The molecule has 0 saturated carbocycles. The number of hydrogen-bond acceptors (Lipinski definition) is 5. The number of nitrogens with zero attached hydrogens (tertiary/aromatic N) is 1. The van der Waals surface area contributed by atoms with Crippen LogP contribution in [0.15, 0.2) is 78.9 Å². The van der Waals surface area contributed by atoms with Gasteiger partial charge in [-0.05, 0) is 35.7 Å². The summed E-state index contributed by atoms with van der Waals surface area (Å²) >= 11 is 0. The molecule has 0 bridgehead atoms. The molecule has 5 rings (SSSR count). The maximum atomic E-state index is 12.8. The van der Waals surface area contributed by atoms with E-state index >= 15 is 0 Å². The third-order valence-electron chi connectivity index (χ3n) is 6.75. The van der Waals surface area contributed by atoms with Crippen molar-refractivity contribution in [1.82, 2.24) is 9.88 Å². The number of carbonyl (C=O) groups excluding carboxylic acids is 1. The van der Waals surface area contributed by atoms with Crippen LogP contribution in [0.5, 0.6) is 5.75 Å². The van der Waals surface area contributed by atoms with Gasteiger partial charge < -0.3 is 19.6 Å². The summed E-state index contributed by atoms with van der Waals surface area (Å²) in [4.78, 5) is 18.6. The highest BCUT2D eigenvalue weighted by Crippen LogP contribution is 2.42. The number of fused-ring (bicyclic) bond motifs is 3. The number of hydrogen-bond donors (Lipinski definition) is 2. The highest BCUT2D eigenvalue weighted by molar-refractivity contribution is 5.91. The molecule has 2 heterocycles. The molecule has 0 fully saturated rings. The lowest BCUT2D eigenvalue weighted by atomic mass is 9.85. The van der Waals surface area contributed by atoms with Crippen LogP contribution in [0.3, 0.4) is 0 Å². The smallest absolute Gasteiger partial charge is 0.338 e. The molecule has 1 aromatic heterocycles. The first-order chi connectivity index (χ1) is 16.7. The zero-order chi connectivity index (χ0) is 23.5. The lowest BCUT2D eigenvalue weighted by Gasteiger charge is -2.45. The maximum Gasteiger partial charge on any atom is 0.338 e. The fourth-order valence-corrected chi connectivity index (χ4v) is 4.96. The van der Waals surface area contributed by atoms with Crippen molar-refractivity contribution in [3.05, 3.63) is 101 Å². The molecular formula is C28H28N2O4. The number of para-hydroxylation sites is 1. The number of carbonyl (C=O) groups is 1. The number of aliphatic hydroxyl groups excluding tert-OH is 1. The largest absolute Gasteiger partial charge is 0.495 e. The van der Waals surface area contributed by atoms with Crippen molar-refractivity contribution in [2.75, 3.05) is 26.9 Å². The number of aromatic amines is 1. The van der Waals surface area contributed by atoms with Gasteiger partial charge in [-0.1, -0.05) is 60.7 Å². The minimum Gasteiger partial charge on any atom is -0.495 e. The molecule has 0 amide bonds. The summed E-state index contributed by atoms with van der Waals surface area (Å²) in [7, 11) is 1.65. The Labute approximate surface area is 198 Å². The zero-order valence-electron chi connectivity index (χ0n) is 19.2. The Bertz CT molecular complexity index is 1290. The van der Waals surface area contributed by atoms with Crippen molar-refractivity contribution >= 4 is 16.9 Å². The SMILES string of the molecule is COc1cccc2c3c([nH]c12)[C@@](CO)(COC(=O)c1ccccc1)N(Cc1ccccc1)CC3. The van der Waals surface area contributed by atoms with E-state index in [1.165, 1.54) is 0 Å². The molecule has 6 nitrogen and oxygen atoms in total. The average Bonchev–Trinajstić information content (AvgIpc) is 3.28. The summed E-state index contributed by atoms with van der Waals surface area (Å²) in [5.41, 5.74) is 3.59. The second-order valence-corrected chi connectivity index (χ2v) is 8.65. The van der Waals surface area contributed by atoms with Gasteiger partial charge in [0, 0.05) is 24.2 Å². The number of aromatic nitrogens is 1. The Hall–Kier alpha value is -3.61. The summed E-state index contributed by atoms with van der Waals surface area (Å²) in [5.74, 6) is 0.337. The second kappa shape index (κ2) is 9.33. The van der Waals surface area contributed by atoms with Gasteiger partial charge in [0.2, 0.25) is 0 Å². The van der Waals surface area contributed by atoms with Gasteiger partial charge in [-0.3, -0.25) is 4.90 Å². The first kappa shape index (κ1) is 22.2. The predicted molar refractivity (Wildman–Crippen MR) is 131 cm³/mol. The van der Waals surface area contributed by atoms with Gasteiger partial charge >= 0.3 is 5.97 Å². The van der Waals surface area contributed by atoms with Crippen LogP contribution in [0, 0.1) is 0 Å². The third-order valence-corrected chi connectivity index (χ3v) is 6.75. The van der Waals surface area contributed by atoms with E-state index in [9.17, 15) is 9.90 Å². The molecule has 1 aliphatic heterocycles. The van der Waals surface area contributed by atoms with Crippen molar-refractivity contribution in [2.24, 2.45) is 0 Å². The first-order valence-corrected chi connectivity index (χ1v) is 11.5. The van der Waals surface area contributed by atoms with E-state index in [0.717, 1.165) is 46.4 Å². The number of nitrogens with one attached hydrogen (secondary N) is 1. The number of rotatable bonds is 7. The van der Waals surface area contributed by atoms with Crippen molar-refractivity contribution in [1.29, 1.82) is 0 Å². The van der Waals surface area contributed by atoms with Gasteiger partial charge in [0.15, 0.2) is 0 Å². The molecule has 6 heteroatoms. The Kier molecular flexibility index (Phi) is 6.09. The fourth-order valence-electron chi connectivity index (χ4n) is 4.96. The maximum absolute atomic E-state index is 12.8. The molecule has 0 saturated heterocycles. The quantitative estimate of drug-likeness (QED) is 0.406. The molecule has 174 valence electrons. The van der Waals surface area contributed by atoms with Crippen LogP contribution in [0.2, 0.25) is 0 Å². The van der Waals surface area contributed by atoms with Gasteiger partial charge in [0.25, 0.3) is 0 Å². The van der Waals surface area contributed by atoms with Crippen LogP contribution < -0.4 is 4.74 Å². The van der Waals surface area contributed by atoms with Crippen LogP contribution in [-0.2, 0) is 23.2 Å². The number of ether oxygens (including phenoxy) is 2. The highest BCUT2D eigenvalue weighted by Gasteiger charge is 2.46. The van der Waals surface area contributed by atoms with Crippen LogP contribution in [0.25, 0.3) is 10.9 Å². The monoisotopic (exact) mass is 456 g/mol. The Morgan fingerprint density at radius 3 is 2.47 bits per heavy atom. The van der Waals surface area contributed by atoms with Crippen molar-refractivity contribution < 1.29 is 19.4 Å². The number of benzene rings is 3. The minimum atomic E-state index is -0.919. The fraction of sp³-hybridized carbons (Fsp3) is 0.250. The van der Waals surface area contributed by atoms with Gasteiger partial charge in [-0.15, -0.1) is 0 Å². The van der Waals surface area contributed by atoms with Crippen LogP contribution in [0.4, 0.5) is 0 Å². The van der Waals surface area contributed by atoms with E-state index in [4.69, 9.17) is 9.47 Å². The Balaban J connectivity index is 1.58. The molecule has 34 heavy (non-hydrogen) atoms. The van der Waals surface area contributed by atoms with E-state index in [-0.39, 0.29) is 13.2 Å². The van der Waals surface area contributed by atoms with Crippen LogP contribution >= 0.6 is 0 Å². The minimum absolute atomic E-state index is 0.0200. The van der Waals surface area contributed by atoms with Gasteiger partial charge in [-0.25, -0.2) is 4.79 Å². The molecular weight excluding hydrogens is 428 g/mol. The summed E-state index contributed by atoms with van der Waals surface area (Å²) in [6, 6.07) is 25.0. The Morgan fingerprint density at radius 1 is 1.03 bits per heavy atom. The van der Waals surface area contributed by atoms with E-state index in [0.29, 0.717) is 12.1 Å². The standard InChI is InChI=1S/C28H28N2O4/c1-33-24-14-8-13-22-23-15-16-30(17-20-9-4-2-5-10-20)28(18-31,26(23)29-25(22)24)19-34-27(32)21-11-6-3-7-12-21/h2-14,29,31H,15-19H2,1H3/t28-/m1/s1. The molecule has 0 unspecified atom stereocenters. The molecule has 3 aromatic carbocycles. The van der Waals surface area contributed by atoms with Crippen molar-refractivity contribution in [3.8, 4) is 5.75 Å². The molecule has 0 radical (unpaired) electrons. The number of H-pyrrole nitrogens is 1. The van der Waals surface area contributed by atoms with E-state index in [1.54, 1.807) is 19.2 Å². The second-order valence-electron chi connectivity index (χ2n) is 8.65. The van der Waals surface area contributed by atoms with Gasteiger partial charge in [0.05, 0.1) is 24.8 Å². The van der Waals surface area contributed by atoms with Crippen LogP contribution in [0.1, 0.15) is 27.2 Å². The van der Waals surface area contributed by atoms with E-state index < -0.39 is 11.5 Å². The van der Waals surface area contributed by atoms with Crippen LogP contribution in [-0.4, -0.2) is 47.8 Å². The number of esters is 1. The van der Waals surface area contributed by atoms with E-state index in [1.807, 2.05) is 48.5 Å². The zero-order valence-corrected chi connectivity index (χ0v) is 19.2. The summed E-state index contributed by atoms with van der Waals surface area (Å²) < 4.78 is 11.4. The average molecular weight is 457 g/mol. The molecule has 1 aliphatic rings. The van der Waals surface area contributed by atoms with Gasteiger partial charge in [-0.2, -0.15) is 0 Å². The normalized spacial score (nSPS) is 17.9. The lowest BCUT2D eigenvalue weighted by Crippen LogP contribution is -2.55. The molecule has 2 N–H and O–H groups in total. The van der Waals surface area contributed by atoms with E-state index in [2.05, 4.69) is 28.1 Å². The summed E-state index contributed by atoms with van der Waals surface area (Å²) in [5, 5.41) is 12.0. The molecule has 4 aromatic rings. The number of methoxy groups -OCH3 is 1. The Morgan fingerprint density at radius 2 is 1.76 bits per heavy atom. The predicted octanol–water partition coefficient (Wildman–Crippen LogP) is 4.28. The summed E-state index contributed by atoms with van der Waals surface area (Å²) in [6.07, 6.45) is 0.809. The third kappa shape index (κ3) is 3.85. The molecule has 0 spiro atoms. The molecule has 1 atom stereocenters. The lowest BCUT2D eigenvalue weighted by molar-refractivity contribution is -0.0440. The molecule has 0 aliphatic carbocycles. The van der Waals surface area contributed by atoms with Crippen molar-refractivity contribution in [3.63, 3.8) is 0 Å². The summed E-state index contributed by atoms with van der Waals surface area (Å²) in [6.45, 7) is 1.15. The highest BCUT2D eigenvalue weighted by atomic mass is 16.5. The number of aliphatic hydroxyl groups is 1. The topological polar surface area (TPSA) is 74.8 Å². The first-order valence-electron chi connectivity index (χ1n) is 11.5. The van der Waals surface area contributed by atoms with Gasteiger partial charge in [0.1, 0.15) is 17.9 Å². The van der Waals surface area contributed by atoms with Crippen molar-refractivity contribution in [2.45, 2.75) is 18.5 Å².